The third-order valence-electron chi connectivity index (χ3n) is 6.22. The summed E-state index contributed by atoms with van der Waals surface area (Å²) in [5, 5.41) is 8.67. The number of fused-ring (bicyclic) bond motifs is 1. The van der Waals surface area contributed by atoms with Crippen LogP contribution in [0.2, 0.25) is 0 Å². The molecule has 1 fully saturated rings. The van der Waals surface area contributed by atoms with Crippen LogP contribution in [0.4, 0.5) is 0 Å². The standard InChI is InChI=1S/C25H26N4O3S/c1-17-6-8-18(9-7-17)24-14-23(28-29(24)20-11-13-33(31,32)16-20)25(30)26-12-10-19-15-27-22-5-3-2-4-21(19)22/h2-9,14-15,20,27H,10-13,16H2,1H3,(H,26,30)/t20-/m1/s1. The van der Waals surface area contributed by atoms with Crippen molar-refractivity contribution in [2.45, 2.75) is 25.8 Å². The van der Waals surface area contributed by atoms with Gasteiger partial charge in [-0.1, -0.05) is 48.0 Å². The smallest absolute Gasteiger partial charge is 0.271 e. The fourth-order valence-electron chi connectivity index (χ4n) is 4.43. The van der Waals surface area contributed by atoms with Crippen molar-refractivity contribution < 1.29 is 13.2 Å². The topological polar surface area (TPSA) is 96.8 Å². The quantitative estimate of drug-likeness (QED) is 0.457. The first-order valence-corrected chi connectivity index (χ1v) is 12.9. The number of nitrogens with one attached hydrogen (secondary N) is 2. The maximum Gasteiger partial charge on any atom is 0.271 e. The molecule has 0 radical (unpaired) electrons. The Kier molecular flexibility index (Phi) is 5.54. The van der Waals surface area contributed by atoms with E-state index in [1.54, 1.807) is 10.7 Å². The summed E-state index contributed by atoms with van der Waals surface area (Å²) in [7, 11) is -3.08. The molecule has 8 heteroatoms. The lowest BCUT2D eigenvalue weighted by Crippen LogP contribution is -2.26. The second-order valence-electron chi connectivity index (χ2n) is 8.65. The molecule has 4 aromatic rings. The first kappa shape index (κ1) is 21.5. The number of para-hydroxylation sites is 1. The average molecular weight is 463 g/mol. The Labute approximate surface area is 192 Å². The van der Waals surface area contributed by atoms with Crippen LogP contribution in [-0.2, 0) is 16.3 Å². The summed E-state index contributed by atoms with van der Waals surface area (Å²) in [6, 6.07) is 17.5. The third kappa shape index (κ3) is 4.43. The van der Waals surface area contributed by atoms with E-state index in [1.807, 2.05) is 55.6 Å². The molecular formula is C25H26N4O3S. The minimum Gasteiger partial charge on any atom is -0.361 e. The Morgan fingerprint density at radius 2 is 1.97 bits per heavy atom. The highest BCUT2D eigenvalue weighted by atomic mass is 32.2. The molecule has 0 unspecified atom stereocenters. The molecule has 3 heterocycles. The maximum absolute atomic E-state index is 12.9. The summed E-state index contributed by atoms with van der Waals surface area (Å²) >= 11 is 0. The van der Waals surface area contributed by atoms with Gasteiger partial charge in [0, 0.05) is 23.6 Å². The fourth-order valence-corrected chi connectivity index (χ4v) is 6.12. The van der Waals surface area contributed by atoms with Gasteiger partial charge in [-0.3, -0.25) is 9.48 Å². The molecule has 170 valence electrons. The Balaban J connectivity index is 1.36. The van der Waals surface area contributed by atoms with E-state index < -0.39 is 9.84 Å². The van der Waals surface area contributed by atoms with Crippen LogP contribution in [0.5, 0.6) is 0 Å². The molecule has 2 aromatic carbocycles. The highest BCUT2D eigenvalue weighted by Crippen LogP contribution is 2.30. The largest absolute Gasteiger partial charge is 0.361 e. The Hall–Kier alpha value is -3.39. The van der Waals surface area contributed by atoms with E-state index >= 15 is 0 Å². The fraction of sp³-hybridized carbons (Fsp3) is 0.280. The van der Waals surface area contributed by atoms with Gasteiger partial charge in [-0.25, -0.2) is 8.42 Å². The molecule has 1 atom stereocenters. The van der Waals surface area contributed by atoms with Crippen molar-refractivity contribution in [3.8, 4) is 11.3 Å². The lowest BCUT2D eigenvalue weighted by atomic mass is 10.1. The first-order chi connectivity index (χ1) is 15.9. The lowest BCUT2D eigenvalue weighted by molar-refractivity contribution is 0.0948. The van der Waals surface area contributed by atoms with Crippen molar-refractivity contribution in [2.75, 3.05) is 18.1 Å². The molecule has 0 spiro atoms. The lowest BCUT2D eigenvalue weighted by Gasteiger charge is -2.13. The number of carbonyl (C=O) groups excluding carboxylic acids is 1. The number of aryl methyl sites for hydroxylation is 1. The van der Waals surface area contributed by atoms with E-state index in [0.29, 0.717) is 25.1 Å². The van der Waals surface area contributed by atoms with Crippen LogP contribution in [0, 0.1) is 6.92 Å². The number of aromatic nitrogens is 3. The number of rotatable bonds is 6. The van der Waals surface area contributed by atoms with Crippen molar-refractivity contribution >= 4 is 26.6 Å². The van der Waals surface area contributed by atoms with Gasteiger partial charge in [-0.15, -0.1) is 0 Å². The summed E-state index contributed by atoms with van der Waals surface area (Å²) in [4.78, 5) is 16.2. The minimum atomic E-state index is -3.08. The number of sulfone groups is 1. The molecule has 33 heavy (non-hydrogen) atoms. The Bertz CT molecular complexity index is 1420. The number of aromatic amines is 1. The number of amides is 1. The van der Waals surface area contributed by atoms with Gasteiger partial charge in [-0.05, 0) is 43.0 Å². The molecule has 1 aliphatic rings. The van der Waals surface area contributed by atoms with Crippen molar-refractivity contribution in [3.05, 3.63) is 77.6 Å². The molecule has 1 saturated heterocycles. The van der Waals surface area contributed by atoms with Gasteiger partial charge in [0.15, 0.2) is 15.5 Å². The van der Waals surface area contributed by atoms with Crippen LogP contribution in [-0.4, -0.2) is 47.1 Å². The number of hydrogen-bond donors (Lipinski definition) is 2. The zero-order valence-electron chi connectivity index (χ0n) is 18.4. The average Bonchev–Trinajstić information content (AvgIpc) is 3.51. The molecule has 2 N–H and O–H groups in total. The van der Waals surface area contributed by atoms with E-state index in [4.69, 9.17) is 0 Å². The number of benzene rings is 2. The van der Waals surface area contributed by atoms with Crippen molar-refractivity contribution in [1.29, 1.82) is 0 Å². The van der Waals surface area contributed by atoms with Crippen LogP contribution in [0.25, 0.3) is 22.2 Å². The van der Waals surface area contributed by atoms with Gasteiger partial charge >= 0.3 is 0 Å². The zero-order chi connectivity index (χ0) is 23.0. The van der Waals surface area contributed by atoms with Crippen molar-refractivity contribution in [2.24, 2.45) is 0 Å². The summed E-state index contributed by atoms with van der Waals surface area (Å²) in [5.41, 5.74) is 5.33. The van der Waals surface area contributed by atoms with Crippen molar-refractivity contribution in [1.82, 2.24) is 20.1 Å². The van der Waals surface area contributed by atoms with E-state index in [9.17, 15) is 13.2 Å². The van der Waals surface area contributed by atoms with E-state index in [1.165, 1.54) is 0 Å². The van der Waals surface area contributed by atoms with E-state index in [2.05, 4.69) is 21.5 Å². The summed E-state index contributed by atoms with van der Waals surface area (Å²) in [5.74, 6) is -0.0607. The molecule has 5 rings (SSSR count). The number of hydrogen-bond acceptors (Lipinski definition) is 4. The van der Waals surface area contributed by atoms with Gasteiger partial charge in [0.25, 0.3) is 5.91 Å². The van der Waals surface area contributed by atoms with E-state index in [-0.39, 0.29) is 23.5 Å². The van der Waals surface area contributed by atoms with Gasteiger partial charge in [0.2, 0.25) is 0 Å². The maximum atomic E-state index is 12.9. The number of H-pyrrole nitrogens is 1. The van der Waals surface area contributed by atoms with Gasteiger partial charge in [-0.2, -0.15) is 5.10 Å². The molecule has 7 nitrogen and oxygen atoms in total. The second-order valence-corrected chi connectivity index (χ2v) is 10.9. The molecule has 1 aliphatic heterocycles. The zero-order valence-corrected chi connectivity index (χ0v) is 19.2. The molecular weight excluding hydrogens is 436 g/mol. The minimum absolute atomic E-state index is 0.0508. The Morgan fingerprint density at radius 3 is 2.73 bits per heavy atom. The van der Waals surface area contributed by atoms with Gasteiger partial charge in [0.05, 0.1) is 23.2 Å². The van der Waals surface area contributed by atoms with Crippen LogP contribution < -0.4 is 5.32 Å². The molecule has 0 aliphatic carbocycles. The SMILES string of the molecule is Cc1ccc(-c2cc(C(=O)NCCc3c[nH]c4ccccc34)nn2[C@@H]2CCS(=O)(=O)C2)cc1. The van der Waals surface area contributed by atoms with Crippen LogP contribution in [0.3, 0.4) is 0 Å². The van der Waals surface area contributed by atoms with E-state index in [0.717, 1.165) is 33.3 Å². The first-order valence-electron chi connectivity index (χ1n) is 11.1. The van der Waals surface area contributed by atoms with Crippen LogP contribution >= 0.6 is 0 Å². The van der Waals surface area contributed by atoms with Gasteiger partial charge in [0.1, 0.15) is 0 Å². The number of carbonyl (C=O) groups is 1. The number of nitrogens with zero attached hydrogens (tertiary/aromatic N) is 2. The van der Waals surface area contributed by atoms with Crippen LogP contribution in [0.15, 0.2) is 60.8 Å². The van der Waals surface area contributed by atoms with Gasteiger partial charge < -0.3 is 10.3 Å². The monoisotopic (exact) mass is 462 g/mol. The highest BCUT2D eigenvalue weighted by molar-refractivity contribution is 7.91. The molecule has 0 saturated carbocycles. The Morgan fingerprint density at radius 1 is 1.18 bits per heavy atom. The molecule has 2 aromatic heterocycles. The predicted octanol–water partition coefficient (Wildman–Crippen LogP) is 3.67. The van der Waals surface area contributed by atoms with Crippen molar-refractivity contribution in [3.63, 3.8) is 0 Å². The second kappa shape index (κ2) is 8.51. The molecule has 1 amide bonds. The normalized spacial score (nSPS) is 17.4. The highest BCUT2D eigenvalue weighted by Gasteiger charge is 2.32. The summed E-state index contributed by atoms with van der Waals surface area (Å²) < 4.78 is 25.9. The summed E-state index contributed by atoms with van der Waals surface area (Å²) in [6.45, 7) is 2.49. The van der Waals surface area contributed by atoms with Crippen LogP contribution in [0.1, 0.15) is 34.1 Å². The predicted molar refractivity (Wildman–Crippen MR) is 129 cm³/mol. The molecule has 0 bridgehead atoms. The third-order valence-corrected chi connectivity index (χ3v) is 7.98. The summed E-state index contributed by atoms with van der Waals surface area (Å²) in [6.07, 6.45) is 3.17.